The van der Waals surface area contributed by atoms with Crippen molar-refractivity contribution >= 4 is 23.2 Å². The van der Waals surface area contributed by atoms with E-state index in [2.05, 4.69) is 37.4 Å². The molecule has 138 valence electrons. The van der Waals surface area contributed by atoms with Gasteiger partial charge in [-0.1, -0.05) is 29.8 Å². The number of piperidine rings is 1. The molecule has 0 unspecified atom stereocenters. The molecule has 1 aliphatic heterocycles. The first kappa shape index (κ1) is 18.6. The van der Waals surface area contributed by atoms with E-state index in [1.807, 2.05) is 29.3 Å². The molecule has 0 spiro atoms. The van der Waals surface area contributed by atoms with Crippen molar-refractivity contribution in [2.75, 3.05) is 13.1 Å². The molecule has 2 atom stereocenters. The van der Waals surface area contributed by atoms with Gasteiger partial charge in [-0.05, 0) is 56.2 Å². The Labute approximate surface area is 159 Å². The fourth-order valence-electron chi connectivity index (χ4n) is 3.57. The van der Waals surface area contributed by atoms with Crippen LogP contribution in [0.25, 0.3) is 0 Å². The molecule has 4 nitrogen and oxygen atoms in total. The lowest BCUT2D eigenvalue weighted by atomic mass is 9.95. The number of nitrogens with one attached hydrogen (secondary N) is 1. The van der Waals surface area contributed by atoms with Gasteiger partial charge < -0.3 is 10.2 Å². The lowest BCUT2D eigenvalue weighted by Gasteiger charge is -2.32. The molecule has 3 rings (SSSR count). The Morgan fingerprint density at radius 1 is 1.27 bits per heavy atom. The third kappa shape index (κ3) is 4.15. The highest BCUT2D eigenvalue weighted by molar-refractivity contribution is 7.12. The minimum atomic E-state index is -0.139. The highest BCUT2D eigenvalue weighted by Crippen LogP contribution is 2.23. The zero-order valence-electron chi connectivity index (χ0n) is 15.6. The van der Waals surface area contributed by atoms with Gasteiger partial charge in [-0.3, -0.25) is 9.59 Å². The van der Waals surface area contributed by atoms with Crippen molar-refractivity contribution in [1.29, 1.82) is 0 Å². The number of carbonyl (C=O) groups is 2. The number of carbonyl (C=O) groups excluding carboxylic acids is 2. The Hall–Kier alpha value is -2.14. The first-order valence-corrected chi connectivity index (χ1v) is 10.0. The Morgan fingerprint density at radius 3 is 2.81 bits per heavy atom. The van der Waals surface area contributed by atoms with Gasteiger partial charge in [-0.2, -0.15) is 0 Å². The van der Waals surface area contributed by atoms with E-state index in [9.17, 15) is 9.59 Å². The van der Waals surface area contributed by atoms with E-state index in [0.717, 1.165) is 29.8 Å². The molecule has 0 saturated carbocycles. The summed E-state index contributed by atoms with van der Waals surface area (Å²) in [7, 11) is 0. The van der Waals surface area contributed by atoms with E-state index in [4.69, 9.17) is 0 Å². The maximum absolute atomic E-state index is 12.8. The van der Waals surface area contributed by atoms with Crippen molar-refractivity contribution in [3.8, 4) is 0 Å². The van der Waals surface area contributed by atoms with Crippen LogP contribution < -0.4 is 5.32 Å². The largest absolute Gasteiger partial charge is 0.349 e. The number of rotatable bonds is 4. The van der Waals surface area contributed by atoms with Gasteiger partial charge in [0, 0.05) is 13.1 Å². The molecular weight excluding hydrogens is 344 g/mol. The summed E-state index contributed by atoms with van der Waals surface area (Å²) in [6, 6.07) is 10.0. The summed E-state index contributed by atoms with van der Waals surface area (Å²) in [5, 5.41) is 5.06. The molecule has 0 aliphatic carbocycles. The summed E-state index contributed by atoms with van der Waals surface area (Å²) >= 11 is 1.45. The molecule has 1 aliphatic rings. The number of likely N-dealkylation sites (tertiary alicyclic amines) is 1. The van der Waals surface area contributed by atoms with Crippen LogP contribution in [0.15, 0.2) is 35.7 Å². The summed E-state index contributed by atoms with van der Waals surface area (Å²) in [6.45, 7) is 7.39. The predicted octanol–water partition coefficient (Wildman–Crippen LogP) is 4.09. The van der Waals surface area contributed by atoms with Gasteiger partial charge in [0.05, 0.1) is 16.8 Å². The number of amides is 2. The fourth-order valence-corrected chi connectivity index (χ4v) is 4.26. The number of benzene rings is 1. The minimum absolute atomic E-state index is 0.0363. The van der Waals surface area contributed by atoms with Crippen LogP contribution in [0, 0.1) is 19.8 Å². The summed E-state index contributed by atoms with van der Waals surface area (Å²) in [5.74, 6) is -0.0533. The quantitative estimate of drug-likeness (QED) is 0.881. The smallest absolute Gasteiger partial charge is 0.263 e. The van der Waals surface area contributed by atoms with Gasteiger partial charge in [-0.25, -0.2) is 0 Å². The van der Waals surface area contributed by atoms with Crippen molar-refractivity contribution in [2.24, 2.45) is 5.92 Å². The molecule has 1 N–H and O–H groups in total. The van der Waals surface area contributed by atoms with Crippen molar-refractivity contribution < 1.29 is 9.59 Å². The second kappa shape index (κ2) is 8.04. The van der Waals surface area contributed by atoms with Gasteiger partial charge in [0.15, 0.2) is 0 Å². The average molecular weight is 371 g/mol. The number of nitrogens with zero attached hydrogens (tertiary/aromatic N) is 1. The molecule has 0 bridgehead atoms. The third-order valence-electron chi connectivity index (χ3n) is 5.07. The number of thiophene rings is 1. The fraction of sp³-hybridized carbons (Fsp3) is 0.429. The standard InChI is InChI=1S/C21H26N2O2S/c1-14-8-9-15(2)18(12-14)16(3)22-20(24)17-6-4-10-23(13-17)21(25)19-7-5-11-26-19/h5,7-9,11-12,16-17H,4,6,10,13H2,1-3H3,(H,22,24)/t16-,17+/m1/s1. The highest BCUT2D eigenvalue weighted by atomic mass is 32.1. The van der Waals surface area contributed by atoms with Gasteiger partial charge in [0.1, 0.15) is 0 Å². The van der Waals surface area contributed by atoms with Crippen LogP contribution in [0.5, 0.6) is 0 Å². The topological polar surface area (TPSA) is 49.4 Å². The van der Waals surface area contributed by atoms with E-state index in [0.29, 0.717) is 6.54 Å². The summed E-state index contributed by atoms with van der Waals surface area (Å²) in [5.41, 5.74) is 3.53. The average Bonchev–Trinajstić information content (AvgIpc) is 3.17. The molecular formula is C21H26N2O2S. The molecule has 1 aromatic carbocycles. The summed E-state index contributed by atoms with van der Waals surface area (Å²) in [4.78, 5) is 27.9. The molecule has 2 aromatic rings. The molecule has 1 saturated heterocycles. The van der Waals surface area contributed by atoms with E-state index in [-0.39, 0.29) is 23.8 Å². The SMILES string of the molecule is Cc1ccc(C)c([C@@H](C)NC(=O)[C@H]2CCCN(C(=O)c3cccs3)C2)c1. The molecule has 2 heterocycles. The van der Waals surface area contributed by atoms with Gasteiger partial charge in [0.25, 0.3) is 5.91 Å². The second-order valence-corrected chi connectivity index (χ2v) is 8.11. The van der Waals surface area contributed by atoms with E-state index in [1.165, 1.54) is 22.5 Å². The monoisotopic (exact) mass is 370 g/mol. The molecule has 2 amide bonds. The Balaban J connectivity index is 1.64. The van der Waals surface area contributed by atoms with Crippen LogP contribution in [0.1, 0.15) is 52.2 Å². The normalized spacial score (nSPS) is 18.4. The van der Waals surface area contributed by atoms with Crippen molar-refractivity contribution in [3.63, 3.8) is 0 Å². The minimum Gasteiger partial charge on any atom is -0.349 e. The second-order valence-electron chi connectivity index (χ2n) is 7.16. The Kier molecular flexibility index (Phi) is 5.77. The van der Waals surface area contributed by atoms with Crippen molar-refractivity contribution in [3.05, 3.63) is 57.3 Å². The van der Waals surface area contributed by atoms with Gasteiger partial charge in [-0.15, -0.1) is 11.3 Å². The maximum Gasteiger partial charge on any atom is 0.263 e. The number of hydrogen-bond donors (Lipinski definition) is 1. The molecule has 0 radical (unpaired) electrons. The van der Waals surface area contributed by atoms with Crippen LogP contribution in [0.4, 0.5) is 0 Å². The van der Waals surface area contributed by atoms with Gasteiger partial charge >= 0.3 is 0 Å². The predicted molar refractivity (Wildman–Crippen MR) is 105 cm³/mol. The van der Waals surface area contributed by atoms with Crippen LogP contribution in [0.2, 0.25) is 0 Å². The lowest BCUT2D eigenvalue weighted by molar-refractivity contribution is -0.127. The summed E-state index contributed by atoms with van der Waals surface area (Å²) < 4.78 is 0. The molecule has 1 fully saturated rings. The Morgan fingerprint density at radius 2 is 2.08 bits per heavy atom. The lowest BCUT2D eigenvalue weighted by Crippen LogP contribution is -2.45. The first-order chi connectivity index (χ1) is 12.5. The third-order valence-corrected chi connectivity index (χ3v) is 5.93. The van der Waals surface area contributed by atoms with Crippen molar-refractivity contribution in [1.82, 2.24) is 10.2 Å². The van der Waals surface area contributed by atoms with Crippen LogP contribution >= 0.6 is 11.3 Å². The summed E-state index contributed by atoms with van der Waals surface area (Å²) in [6.07, 6.45) is 1.70. The highest BCUT2D eigenvalue weighted by Gasteiger charge is 2.30. The zero-order chi connectivity index (χ0) is 18.7. The number of aryl methyl sites for hydroxylation is 2. The van der Waals surface area contributed by atoms with Crippen LogP contribution in [0.3, 0.4) is 0 Å². The molecule has 5 heteroatoms. The van der Waals surface area contributed by atoms with E-state index >= 15 is 0 Å². The zero-order valence-corrected chi connectivity index (χ0v) is 16.4. The van der Waals surface area contributed by atoms with Crippen molar-refractivity contribution in [2.45, 2.75) is 39.7 Å². The molecule has 26 heavy (non-hydrogen) atoms. The molecule has 1 aromatic heterocycles. The number of hydrogen-bond acceptors (Lipinski definition) is 3. The van der Waals surface area contributed by atoms with E-state index in [1.54, 1.807) is 0 Å². The van der Waals surface area contributed by atoms with Crippen LogP contribution in [-0.2, 0) is 4.79 Å². The Bertz CT molecular complexity index is 785. The van der Waals surface area contributed by atoms with Crippen LogP contribution in [-0.4, -0.2) is 29.8 Å². The van der Waals surface area contributed by atoms with E-state index < -0.39 is 0 Å². The van der Waals surface area contributed by atoms with Gasteiger partial charge in [0.2, 0.25) is 5.91 Å². The first-order valence-electron chi connectivity index (χ1n) is 9.16. The maximum atomic E-state index is 12.8.